The van der Waals surface area contributed by atoms with E-state index in [0.29, 0.717) is 0 Å². The van der Waals surface area contributed by atoms with E-state index >= 15 is 0 Å². The maximum absolute atomic E-state index is 12.8. The predicted octanol–water partition coefficient (Wildman–Crippen LogP) is 3.81. The summed E-state index contributed by atoms with van der Waals surface area (Å²) in [5.41, 5.74) is 3.82. The van der Waals surface area contributed by atoms with Crippen molar-refractivity contribution in [1.82, 2.24) is 14.5 Å². The van der Waals surface area contributed by atoms with E-state index in [2.05, 4.69) is 50.4 Å². The normalized spacial score (nSPS) is 12.5. The number of rotatable bonds is 7. The highest BCUT2D eigenvalue weighted by atomic mass is 16.2. The van der Waals surface area contributed by atoms with Crippen molar-refractivity contribution in [3.05, 3.63) is 70.1 Å². The topological polar surface area (TPSA) is 56.0 Å². The Labute approximate surface area is 166 Å². The fourth-order valence-corrected chi connectivity index (χ4v) is 3.69. The molecule has 3 rings (SSSR count). The summed E-state index contributed by atoms with van der Waals surface area (Å²) < 4.78 is 3.11. The van der Waals surface area contributed by atoms with Gasteiger partial charge in [0.15, 0.2) is 0 Å². The monoisotopic (exact) mass is 379 g/mol. The molecule has 1 heterocycles. The summed E-state index contributed by atoms with van der Waals surface area (Å²) >= 11 is 0. The maximum atomic E-state index is 12.8. The van der Waals surface area contributed by atoms with Crippen molar-refractivity contribution in [2.24, 2.45) is 13.0 Å². The summed E-state index contributed by atoms with van der Waals surface area (Å²) in [7, 11) is 1.73. The van der Waals surface area contributed by atoms with Gasteiger partial charge in [-0.25, -0.2) is 4.79 Å². The zero-order chi connectivity index (χ0) is 20.3. The van der Waals surface area contributed by atoms with E-state index in [4.69, 9.17) is 0 Å². The van der Waals surface area contributed by atoms with Crippen LogP contribution in [0.4, 0.5) is 0 Å². The number of aryl methyl sites for hydroxylation is 2. The van der Waals surface area contributed by atoms with Gasteiger partial charge in [-0.1, -0.05) is 63.6 Å². The Bertz CT molecular complexity index is 1010. The van der Waals surface area contributed by atoms with Crippen molar-refractivity contribution in [1.29, 1.82) is 0 Å². The molecule has 0 saturated carbocycles. The van der Waals surface area contributed by atoms with Gasteiger partial charge in [0, 0.05) is 7.05 Å². The van der Waals surface area contributed by atoms with Gasteiger partial charge in [0.2, 0.25) is 5.91 Å². The Kier molecular flexibility index (Phi) is 6.02. The number of benzene rings is 2. The fourth-order valence-electron chi connectivity index (χ4n) is 3.69. The predicted molar refractivity (Wildman–Crippen MR) is 113 cm³/mol. The number of hydrogen-bond donors (Lipinski definition) is 1. The Hall–Kier alpha value is -2.82. The van der Waals surface area contributed by atoms with Crippen LogP contribution in [0.5, 0.6) is 0 Å². The van der Waals surface area contributed by atoms with Gasteiger partial charge in [-0.2, -0.15) is 0 Å². The fraction of sp³-hybridized carbons (Fsp3) is 0.391. The molecule has 2 aromatic carbocycles. The summed E-state index contributed by atoms with van der Waals surface area (Å²) in [4.78, 5) is 25.4. The van der Waals surface area contributed by atoms with Crippen LogP contribution in [0.15, 0.2) is 53.3 Å². The van der Waals surface area contributed by atoms with Crippen molar-refractivity contribution >= 4 is 16.9 Å². The first-order valence-electron chi connectivity index (χ1n) is 9.94. The standard InChI is InChI=1S/C23H29N3O2/c1-5-8-17-11-13-18(14-12-17)22(16(2)3)24-21(27)15-26-20-10-7-6-9-19(20)25(4)23(26)28/h6-7,9-14,16,22H,5,8,15H2,1-4H3,(H,24,27). The minimum atomic E-state index is -0.179. The molecule has 0 aliphatic carbocycles. The van der Waals surface area contributed by atoms with E-state index < -0.39 is 0 Å². The number of carbonyl (C=O) groups excluding carboxylic acids is 1. The molecule has 3 aromatic rings. The number of hydrogen-bond acceptors (Lipinski definition) is 2. The molecule has 0 fully saturated rings. The second kappa shape index (κ2) is 8.46. The lowest BCUT2D eigenvalue weighted by atomic mass is 9.94. The zero-order valence-corrected chi connectivity index (χ0v) is 17.1. The summed E-state index contributed by atoms with van der Waals surface area (Å²) in [6.45, 7) is 6.36. The molecular weight excluding hydrogens is 350 g/mol. The average Bonchev–Trinajstić information content (AvgIpc) is 2.92. The molecule has 0 bridgehead atoms. The van der Waals surface area contributed by atoms with Gasteiger partial charge < -0.3 is 5.32 Å². The van der Waals surface area contributed by atoms with Crippen molar-refractivity contribution in [2.45, 2.75) is 46.2 Å². The second-order valence-corrected chi connectivity index (χ2v) is 7.70. The van der Waals surface area contributed by atoms with E-state index in [-0.39, 0.29) is 30.1 Å². The minimum Gasteiger partial charge on any atom is -0.347 e. The highest BCUT2D eigenvalue weighted by molar-refractivity contribution is 5.81. The Morgan fingerprint density at radius 1 is 1.04 bits per heavy atom. The quantitative estimate of drug-likeness (QED) is 0.679. The lowest BCUT2D eigenvalue weighted by Gasteiger charge is -2.23. The molecule has 1 atom stereocenters. The molecule has 0 aliphatic heterocycles. The number of imidazole rings is 1. The number of aromatic nitrogens is 2. The molecule has 1 unspecified atom stereocenters. The van der Waals surface area contributed by atoms with Crippen LogP contribution in [-0.2, 0) is 24.8 Å². The van der Waals surface area contributed by atoms with Gasteiger partial charge in [0.1, 0.15) is 6.54 Å². The van der Waals surface area contributed by atoms with Crippen LogP contribution in [0.2, 0.25) is 0 Å². The lowest BCUT2D eigenvalue weighted by Crippen LogP contribution is -2.36. The third-order valence-electron chi connectivity index (χ3n) is 5.21. The van der Waals surface area contributed by atoms with E-state index in [1.165, 1.54) is 10.1 Å². The molecule has 1 N–H and O–H groups in total. The highest BCUT2D eigenvalue weighted by Crippen LogP contribution is 2.22. The molecule has 1 amide bonds. The van der Waals surface area contributed by atoms with Crippen LogP contribution in [-0.4, -0.2) is 15.0 Å². The van der Waals surface area contributed by atoms with Crippen LogP contribution in [0.1, 0.15) is 44.4 Å². The van der Waals surface area contributed by atoms with Crippen LogP contribution < -0.4 is 11.0 Å². The van der Waals surface area contributed by atoms with Crippen molar-refractivity contribution in [3.63, 3.8) is 0 Å². The van der Waals surface area contributed by atoms with E-state index in [9.17, 15) is 9.59 Å². The van der Waals surface area contributed by atoms with Crippen molar-refractivity contribution in [2.75, 3.05) is 0 Å². The summed E-state index contributed by atoms with van der Waals surface area (Å²) in [6.07, 6.45) is 2.17. The first-order valence-corrected chi connectivity index (χ1v) is 9.94. The number of nitrogens with zero attached hydrogens (tertiary/aromatic N) is 2. The number of amides is 1. The average molecular weight is 380 g/mol. The van der Waals surface area contributed by atoms with Gasteiger partial charge >= 0.3 is 5.69 Å². The van der Waals surface area contributed by atoms with Crippen molar-refractivity contribution in [3.8, 4) is 0 Å². The molecule has 0 spiro atoms. The number of fused-ring (bicyclic) bond motifs is 1. The van der Waals surface area contributed by atoms with Crippen molar-refractivity contribution < 1.29 is 4.79 Å². The molecule has 0 aliphatic rings. The zero-order valence-electron chi connectivity index (χ0n) is 17.1. The van der Waals surface area contributed by atoms with Gasteiger partial charge in [-0.3, -0.25) is 13.9 Å². The summed E-state index contributed by atoms with van der Waals surface area (Å²) in [5, 5.41) is 3.13. The molecule has 0 saturated heterocycles. The largest absolute Gasteiger partial charge is 0.347 e. The summed E-state index contributed by atoms with van der Waals surface area (Å²) in [5.74, 6) is 0.0833. The van der Waals surface area contributed by atoms with E-state index in [1.807, 2.05) is 24.3 Å². The number of nitrogens with one attached hydrogen (secondary N) is 1. The van der Waals surface area contributed by atoms with Gasteiger partial charge in [-0.15, -0.1) is 0 Å². The Morgan fingerprint density at radius 2 is 1.68 bits per heavy atom. The SMILES string of the molecule is CCCc1ccc(C(NC(=O)Cn2c(=O)n(C)c3ccccc32)C(C)C)cc1. The smallest absolute Gasteiger partial charge is 0.329 e. The first kappa shape index (κ1) is 19.9. The van der Waals surface area contributed by atoms with E-state index in [1.54, 1.807) is 11.6 Å². The molecular formula is C23H29N3O2. The van der Waals surface area contributed by atoms with Crippen LogP contribution in [0.25, 0.3) is 11.0 Å². The third-order valence-corrected chi connectivity index (χ3v) is 5.21. The van der Waals surface area contributed by atoms with Crippen LogP contribution in [0, 0.1) is 5.92 Å². The van der Waals surface area contributed by atoms with E-state index in [0.717, 1.165) is 29.4 Å². The van der Waals surface area contributed by atoms with Crippen LogP contribution >= 0.6 is 0 Å². The molecule has 1 aromatic heterocycles. The molecule has 148 valence electrons. The molecule has 28 heavy (non-hydrogen) atoms. The molecule has 5 heteroatoms. The molecule has 0 radical (unpaired) electrons. The second-order valence-electron chi connectivity index (χ2n) is 7.70. The Balaban J connectivity index is 1.80. The highest BCUT2D eigenvalue weighted by Gasteiger charge is 2.20. The van der Waals surface area contributed by atoms with Crippen LogP contribution in [0.3, 0.4) is 0 Å². The summed E-state index contributed by atoms with van der Waals surface area (Å²) in [6, 6.07) is 15.9. The van der Waals surface area contributed by atoms with Gasteiger partial charge in [0.25, 0.3) is 0 Å². The number of para-hydroxylation sites is 2. The third kappa shape index (κ3) is 4.03. The maximum Gasteiger partial charge on any atom is 0.329 e. The molecule has 5 nitrogen and oxygen atoms in total. The van der Waals surface area contributed by atoms with Gasteiger partial charge in [0.05, 0.1) is 17.1 Å². The van der Waals surface area contributed by atoms with Gasteiger partial charge in [-0.05, 0) is 35.6 Å². The Morgan fingerprint density at radius 3 is 2.29 bits per heavy atom. The number of carbonyl (C=O) groups is 1. The lowest BCUT2D eigenvalue weighted by molar-refractivity contribution is -0.122. The minimum absolute atomic E-state index is 0.0112. The first-order chi connectivity index (χ1) is 13.4.